The summed E-state index contributed by atoms with van der Waals surface area (Å²) in [5, 5.41) is 0. The highest BCUT2D eigenvalue weighted by atomic mass is 16.5. The fourth-order valence-corrected chi connectivity index (χ4v) is 1.66. The largest absolute Gasteiger partial charge is 0.472 e. The van der Waals surface area contributed by atoms with E-state index in [-0.39, 0.29) is 12.2 Å². The van der Waals surface area contributed by atoms with Gasteiger partial charge in [-0.05, 0) is 25.3 Å². The number of hydrogen-bond donors (Lipinski definition) is 0. The molecule has 0 radical (unpaired) electrons. The maximum absolute atomic E-state index is 10.5. The lowest BCUT2D eigenvalue weighted by atomic mass is 10.0. The fraction of sp³-hybridized carbons (Fsp3) is 0.500. The molecule has 1 aromatic heterocycles. The van der Waals surface area contributed by atoms with Crippen molar-refractivity contribution < 1.29 is 13.9 Å². The van der Waals surface area contributed by atoms with Crippen LogP contribution < -0.4 is 0 Å². The molecule has 2 heterocycles. The number of furan rings is 1. The molecule has 0 amide bonds. The average Bonchev–Trinajstić information content (AvgIpc) is 2.71. The first kappa shape index (κ1) is 8.51. The van der Waals surface area contributed by atoms with Gasteiger partial charge in [-0.15, -0.1) is 0 Å². The first-order chi connectivity index (χ1) is 6.40. The second-order valence-electron chi connectivity index (χ2n) is 3.29. The summed E-state index contributed by atoms with van der Waals surface area (Å²) in [6.07, 6.45) is 6.87. The summed E-state index contributed by atoms with van der Waals surface area (Å²) in [7, 11) is 0. The molecule has 2 atom stereocenters. The van der Waals surface area contributed by atoms with E-state index in [0.29, 0.717) is 0 Å². The van der Waals surface area contributed by atoms with Gasteiger partial charge in [0.25, 0.3) is 0 Å². The van der Waals surface area contributed by atoms with Gasteiger partial charge in [0.1, 0.15) is 12.4 Å². The van der Waals surface area contributed by atoms with Gasteiger partial charge in [0.05, 0.1) is 18.6 Å². The lowest BCUT2D eigenvalue weighted by molar-refractivity contribution is -0.127. The van der Waals surface area contributed by atoms with E-state index in [2.05, 4.69) is 0 Å². The molecule has 1 aliphatic rings. The van der Waals surface area contributed by atoms with E-state index < -0.39 is 0 Å². The van der Waals surface area contributed by atoms with Crippen molar-refractivity contribution >= 4 is 6.29 Å². The van der Waals surface area contributed by atoms with E-state index >= 15 is 0 Å². The molecule has 1 saturated heterocycles. The van der Waals surface area contributed by atoms with E-state index in [1.807, 2.05) is 6.07 Å². The molecule has 3 heteroatoms. The van der Waals surface area contributed by atoms with Gasteiger partial charge in [-0.3, -0.25) is 0 Å². The van der Waals surface area contributed by atoms with Crippen molar-refractivity contribution in [3.8, 4) is 0 Å². The standard InChI is InChI=1S/C10H12O3/c11-6-9-2-1-3-10(13-9)8-4-5-12-7-8/h4-7,9-10H,1-3H2. The van der Waals surface area contributed by atoms with Crippen molar-refractivity contribution in [3.05, 3.63) is 24.2 Å². The van der Waals surface area contributed by atoms with E-state index in [4.69, 9.17) is 9.15 Å². The Balaban J connectivity index is 2.04. The van der Waals surface area contributed by atoms with Crippen LogP contribution in [0.4, 0.5) is 0 Å². The van der Waals surface area contributed by atoms with Gasteiger partial charge >= 0.3 is 0 Å². The van der Waals surface area contributed by atoms with Crippen LogP contribution in [-0.4, -0.2) is 12.4 Å². The van der Waals surface area contributed by atoms with Crippen molar-refractivity contribution in [2.24, 2.45) is 0 Å². The number of carbonyl (C=O) groups excluding carboxylic acids is 1. The summed E-state index contributed by atoms with van der Waals surface area (Å²) in [6.45, 7) is 0. The van der Waals surface area contributed by atoms with Crippen molar-refractivity contribution in [1.82, 2.24) is 0 Å². The second-order valence-corrected chi connectivity index (χ2v) is 3.29. The smallest absolute Gasteiger partial charge is 0.148 e. The van der Waals surface area contributed by atoms with Crippen LogP contribution in [0.25, 0.3) is 0 Å². The Hall–Kier alpha value is -1.09. The predicted octanol–water partition coefficient (Wildman–Crippen LogP) is 2.09. The van der Waals surface area contributed by atoms with Crippen LogP contribution in [0.3, 0.4) is 0 Å². The van der Waals surface area contributed by atoms with Gasteiger partial charge in [-0.2, -0.15) is 0 Å². The topological polar surface area (TPSA) is 39.4 Å². The van der Waals surface area contributed by atoms with Crippen LogP contribution in [0.2, 0.25) is 0 Å². The van der Waals surface area contributed by atoms with E-state index in [1.54, 1.807) is 12.5 Å². The van der Waals surface area contributed by atoms with Crippen LogP contribution >= 0.6 is 0 Å². The molecule has 1 aromatic rings. The number of hydrogen-bond acceptors (Lipinski definition) is 3. The molecule has 3 nitrogen and oxygen atoms in total. The molecular weight excluding hydrogens is 168 g/mol. The van der Waals surface area contributed by atoms with Gasteiger partial charge in [0, 0.05) is 5.56 Å². The zero-order valence-corrected chi connectivity index (χ0v) is 7.31. The summed E-state index contributed by atoms with van der Waals surface area (Å²) >= 11 is 0. The van der Waals surface area contributed by atoms with Gasteiger partial charge in [0.15, 0.2) is 0 Å². The van der Waals surface area contributed by atoms with Gasteiger partial charge in [-0.25, -0.2) is 0 Å². The zero-order chi connectivity index (χ0) is 9.10. The minimum Gasteiger partial charge on any atom is -0.472 e. The molecule has 0 N–H and O–H groups in total. The van der Waals surface area contributed by atoms with Crippen LogP contribution in [-0.2, 0) is 9.53 Å². The quantitative estimate of drug-likeness (QED) is 0.654. The monoisotopic (exact) mass is 180 g/mol. The molecular formula is C10H12O3. The van der Waals surface area contributed by atoms with E-state index in [0.717, 1.165) is 31.1 Å². The normalized spacial score (nSPS) is 28.6. The molecule has 0 aliphatic carbocycles. The summed E-state index contributed by atoms with van der Waals surface area (Å²) in [5.74, 6) is 0. The predicted molar refractivity (Wildman–Crippen MR) is 46.2 cm³/mol. The highest BCUT2D eigenvalue weighted by molar-refractivity contribution is 5.56. The van der Waals surface area contributed by atoms with Crippen molar-refractivity contribution in [2.45, 2.75) is 31.5 Å². The number of rotatable bonds is 2. The second kappa shape index (κ2) is 3.75. The zero-order valence-electron chi connectivity index (χ0n) is 7.31. The third-order valence-electron chi connectivity index (χ3n) is 2.36. The molecule has 0 spiro atoms. The lowest BCUT2D eigenvalue weighted by Gasteiger charge is -2.25. The fourth-order valence-electron chi connectivity index (χ4n) is 1.66. The Labute approximate surface area is 76.7 Å². The highest BCUT2D eigenvalue weighted by Crippen LogP contribution is 2.30. The number of carbonyl (C=O) groups is 1. The van der Waals surface area contributed by atoms with E-state index in [1.165, 1.54) is 0 Å². The maximum Gasteiger partial charge on any atom is 0.148 e. The van der Waals surface area contributed by atoms with Crippen LogP contribution in [0, 0.1) is 0 Å². The first-order valence-electron chi connectivity index (χ1n) is 4.53. The summed E-state index contributed by atoms with van der Waals surface area (Å²) < 4.78 is 10.5. The Morgan fingerprint density at radius 1 is 1.46 bits per heavy atom. The van der Waals surface area contributed by atoms with Crippen LogP contribution in [0.15, 0.2) is 23.0 Å². The van der Waals surface area contributed by atoms with Crippen LogP contribution in [0.1, 0.15) is 30.9 Å². The molecule has 70 valence electrons. The Kier molecular flexibility index (Phi) is 2.45. The highest BCUT2D eigenvalue weighted by Gasteiger charge is 2.23. The molecule has 2 unspecified atom stereocenters. The Morgan fingerprint density at radius 2 is 2.38 bits per heavy atom. The maximum atomic E-state index is 10.5. The molecule has 0 bridgehead atoms. The molecule has 1 aliphatic heterocycles. The molecule has 2 rings (SSSR count). The minimum atomic E-state index is -0.228. The first-order valence-corrected chi connectivity index (χ1v) is 4.53. The SMILES string of the molecule is O=CC1CCCC(c2ccoc2)O1. The molecule has 1 fully saturated rings. The number of ether oxygens (including phenoxy) is 1. The Morgan fingerprint density at radius 3 is 3.08 bits per heavy atom. The summed E-state index contributed by atoms with van der Waals surface area (Å²) in [5.41, 5.74) is 1.03. The van der Waals surface area contributed by atoms with Crippen LogP contribution in [0.5, 0.6) is 0 Å². The van der Waals surface area contributed by atoms with Crippen molar-refractivity contribution in [1.29, 1.82) is 0 Å². The molecule has 0 aromatic carbocycles. The van der Waals surface area contributed by atoms with Gasteiger partial charge in [0.2, 0.25) is 0 Å². The summed E-state index contributed by atoms with van der Waals surface area (Å²) in [4.78, 5) is 10.5. The van der Waals surface area contributed by atoms with Crippen molar-refractivity contribution in [2.75, 3.05) is 0 Å². The number of aldehydes is 1. The third kappa shape index (κ3) is 1.80. The molecule has 0 saturated carbocycles. The van der Waals surface area contributed by atoms with Crippen molar-refractivity contribution in [3.63, 3.8) is 0 Å². The lowest BCUT2D eigenvalue weighted by Crippen LogP contribution is -2.23. The third-order valence-corrected chi connectivity index (χ3v) is 2.36. The average molecular weight is 180 g/mol. The molecule has 13 heavy (non-hydrogen) atoms. The van der Waals surface area contributed by atoms with E-state index in [9.17, 15) is 4.79 Å². The Bertz CT molecular complexity index is 266. The van der Waals surface area contributed by atoms with Gasteiger partial charge < -0.3 is 13.9 Å². The minimum absolute atomic E-state index is 0.0442. The summed E-state index contributed by atoms with van der Waals surface area (Å²) in [6, 6.07) is 1.89. The van der Waals surface area contributed by atoms with Gasteiger partial charge in [-0.1, -0.05) is 0 Å².